The Hall–Kier alpha value is -3.15. The van der Waals surface area contributed by atoms with Crippen molar-refractivity contribution in [2.24, 2.45) is 5.10 Å². The average Bonchev–Trinajstić information content (AvgIpc) is 2.78. The number of halogens is 2. The van der Waals surface area contributed by atoms with Crippen LogP contribution in [0.3, 0.4) is 0 Å². The number of morpholine rings is 1. The number of ether oxygens (including phenoxy) is 1. The van der Waals surface area contributed by atoms with E-state index in [2.05, 4.69) is 46.7 Å². The van der Waals surface area contributed by atoms with Gasteiger partial charge in [0.15, 0.2) is 0 Å². The molecule has 12 heteroatoms. The average molecular weight is 521 g/mol. The summed E-state index contributed by atoms with van der Waals surface area (Å²) in [5.41, 5.74) is 3.88. The Balaban J connectivity index is 1.59. The highest BCUT2D eigenvalue weighted by molar-refractivity contribution is 9.10. The van der Waals surface area contributed by atoms with E-state index in [1.54, 1.807) is 12.1 Å². The maximum Gasteiger partial charge on any atom is 0.250 e. The van der Waals surface area contributed by atoms with Crippen molar-refractivity contribution in [3.8, 4) is 11.5 Å². The third kappa shape index (κ3) is 5.55. The van der Waals surface area contributed by atoms with Gasteiger partial charge in [0.05, 0.1) is 23.9 Å². The molecule has 0 aliphatic carbocycles. The van der Waals surface area contributed by atoms with Crippen molar-refractivity contribution < 1.29 is 14.9 Å². The molecule has 10 nitrogen and oxygen atoms in total. The zero-order chi connectivity index (χ0) is 22.5. The van der Waals surface area contributed by atoms with E-state index in [1.807, 2.05) is 17.0 Å². The molecule has 0 bridgehead atoms. The van der Waals surface area contributed by atoms with E-state index in [0.717, 1.165) is 5.69 Å². The third-order valence-corrected chi connectivity index (χ3v) is 5.33. The zero-order valence-corrected chi connectivity index (χ0v) is 19.0. The molecule has 0 amide bonds. The lowest BCUT2D eigenvalue weighted by Gasteiger charge is -2.27. The molecule has 0 radical (unpaired) electrons. The lowest BCUT2D eigenvalue weighted by atomic mass is 10.2. The topological polar surface area (TPSA) is 128 Å². The first-order valence-electron chi connectivity index (χ1n) is 9.60. The van der Waals surface area contributed by atoms with Crippen LogP contribution in [0.15, 0.2) is 46.0 Å². The van der Waals surface area contributed by atoms with Gasteiger partial charge in [0.1, 0.15) is 11.5 Å². The van der Waals surface area contributed by atoms with Crippen molar-refractivity contribution in [3.05, 3.63) is 51.5 Å². The van der Waals surface area contributed by atoms with Crippen LogP contribution in [-0.4, -0.2) is 57.7 Å². The van der Waals surface area contributed by atoms with Crippen LogP contribution in [0.2, 0.25) is 5.02 Å². The Morgan fingerprint density at radius 3 is 2.62 bits per heavy atom. The van der Waals surface area contributed by atoms with Crippen molar-refractivity contribution >= 4 is 57.3 Å². The molecule has 0 spiro atoms. The van der Waals surface area contributed by atoms with E-state index in [-0.39, 0.29) is 17.4 Å². The molecule has 0 atom stereocenters. The van der Waals surface area contributed by atoms with Crippen LogP contribution in [0, 0.1) is 0 Å². The van der Waals surface area contributed by atoms with Crippen LogP contribution in [0.5, 0.6) is 11.5 Å². The number of benzene rings is 2. The number of hydrogen-bond donors (Lipinski definition) is 4. The summed E-state index contributed by atoms with van der Waals surface area (Å²) in [6, 6.07) is 9.96. The van der Waals surface area contributed by atoms with Gasteiger partial charge in [-0.05, 0) is 40.2 Å². The lowest BCUT2D eigenvalue weighted by molar-refractivity contribution is 0.122. The number of nitrogens with one attached hydrogen (secondary N) is 2. The standard InChI is InChI=1S/C20H19BrClN7O3/c21-15-8-12(16(30)10-17(15)31)11-23-28-19-25-18(24-14-3-1-2-13(22)9-14)26-20(27-19)29-4-6-32-7-5-29/h1-3,8-11,30-31H,4-7H2,(H2,24,25,26,27,28)/b23-11+. The monoisotopic (exact) mass is 519 g/mol. The van der Waals surface area contributed by atoms with Crippen LogP contribution >= 0.6 is 27.5 Å². The van der Waals surface area contributed by atoms with E-state index in [1.165, 1.54) is 18.3 Å². The Labute approximate surface area is 197 Å². The van der Waals surface area contributed by atoms with Crippen molar-refractivity contribution in [1.82, 2.24) is 15.0 Å². The molecule has 4 rings (SSSR count). The molecule has 4 N–H and O–H groups in total. The summed E-state index contributed by atoms with van der Waals surface area (Å²) in [7, 11) is 0. The fourth-order valence-electron chi connectivity index (χ4n) is 2.90. The zero-order valence-electron chi connectivity index (χ0n) is 16.7. The largest absolute Gasteiger partial charge is 0.507 e. The molecular weight excluding hydrogens is 502 g/mol. The molecule has 32 heavy (non-hydrogen) atoms. The summed E-state index contributed by atoms with van der Waals surface area (Å²) in [6.07, 6.45) is 1.39. The maximum absolute atomic E-state index is 9.98. The van der Waals surface area contributed by atoms with Gasteiger partial charge in [-0.1, -0.05) is 17.7 Å². The van der Waals surface area contributed by atoms with E-state index in [4.69, 9.17) is 16.3 Å². The van der Waals surface area contributed by atoms with Crippen LogP contribution in [-0.2, 0) is 4.74 Å². The Morgan fingerprint density at radius 2 is 1.84 bits per heavy atom. The second-order valence-electron chi connectivity index (χ2n) is 6.75. The molecule has 2 aromatic carbocycles. The first-order valence-corrected chi connectivity index (χ1v) is 10.8. The molecule has 2 heterocycles. The fraction of sp³-hybridized carbons (Fsp3) is 0.200. The quantitative estimate of drug-likeness (QED) is 0.284. The SMILES string of the molecule is Oc1cc(O)c(/C=N/Nc2nc(Nc3cccc(Cl)c3)nc(N3CCOCC3)n2)cc1Br. The van der Waals surface area contributed by atoms with Gasteiger partial charge < -0.3 is 25.2 Å². The number of hydrogen-bond acceptors (Lipinski definition) is 10. The Morgan fingerprint density at radius 1 is 1.06 bits per heavy atom. The second kappa shape index (κ2) is 9.98. The highest BCUT2D eigenvalue weighted by atomic mass is 79.9. The molecule has 166 valence electrons. The van der Waals surface area contributed by atoms with Gasteiger partial charge >= 0.3 is 0 Å². The number of nitrogens with zero attached hydrogens (tertiary/aromatic N) is 5. The summed E-state index contributed by atoms with van der Waals surface area (Å²) < 4.78 is 5.84. The summed E-state index contributed by atoms with van der Waals surface area (Å²) in [6.45, 7) is 2.47. The van der Waals surface area contributed by atoms with Gasteiger partial charge in [0, 0.05) is 35.4 Å². The molecule has 1 aliphatic heterocycles. The van der Waals surface area contributed by atoms with E-state index < -0.39 is 0 Å². The minimum Gasteiger partial charge on any atom is -0.507 e. The maximum atomic E-state index is 9.98. The van der Waals surface area contributed by atoms with Crippen LogP contribution < -0.4 is 15.6 Å². The smallest absolute Gasteiger partial charge is 0.250 e. The highest BCUT2D eigenvalue weighted by Crippen LogP contribution is 2.30. The van der Waals surface area contributed by atoms with Gasteiger partial charge in [-0.15, -0.1) is 0 Å². The van der Waals surface area contributed by atoms with Crippen molar-refractivity contribution in [2.45, 2.75) is 0 Å². The van der Waals surface area contributed by atoms with Crippen molar-refractivity contribution in [2.75, 3.05) is 41.9 Å². The summed E-state index contributed by atoms with van der Waals surface area (Å²) in [5, 5.41) is 27.4. The van der Waals surface area contributed by atoms with Gasteiger partial charge in [-0.3, -0.25) is 0 Å². The number of anilines is 4. The van der Waals surface area contributed by atoms with Crippen molar-refractivity contribution in [1.29, 1.82) is 0 Å². The minimum atomic E-state index is -0.121. The summed E-state index contributed by atoms with van der Waals surface area (Å²) in [4.78, 5) is 15.3. The number of rotatable bonds is 6. The number of hydrazone groups is 1. The van der Waals surface area contributed by atoms with Gasteiger partial charge in [0.2, 0.25) is 17.8 Å². The van der Waals surface area contributed by atoms with Crippen LogP contribution in [0.25, 0.3) is 0 Å². The molecule has 1 aromatic heterocycles. The van der Waals surface area contributed by atoms with Crippen LogP contribution in [0.1, 0.15) is 5.56 Å². The molecule has 1 fully saturated rings. The number of phenolic OH excluding ortho intramolecular Hbond substituents is 2. The normalized spacial score (nSPS) is 14.0. The number of phenols is 2. The van der Waals surface area contributed by atoms with Gasteiger partial charge in [-0.2, -0.15) is 20.1 Å². The second-order valence-corrected chi connectivity index (χ2v) is 8.04. The predicted molar refractivity (Wildman–Crippen MR) is 126 cm³/mol. The molecular formula is C20H19BrClN7O3. The summed E-state index contributed by atoms with van der Waals surface area (Å²) >= 11 is 9.28. The predicted octanol–water partition coefficient (Wildman–Crippen LogP) is 3.72. The molecule has 1 aliphatic rings. The van der Waals surface area contributed by atoms with Gasteiger partial charge in [-0.25, -0.2) is 5.43 Å². The number of aromatic hydroxyl groups is 2. The molecule has 0 unspecified atom stereocenters. The van der Waals surface area contributed by atoms with Crippen molar-refractivity contribution in [3.63, 3.8) is 0 Å². The van der Waals surface area contributed by atoms with E-state index in [9.17, 15) is 10.2 Å². The van der Waals surface area contributed by atoms with E-state index >= 15 is 0 Å². The summed E-state index contributed by atoms with van der Waals surface area (Å²) in [5.74, 6) is 0.804. The molecule has 0 saturated carbocycles. The first kappa shape index (κ1) is 22.1. The Kier molecular flexibility index (Phi) is 6.88. The molecule has 3 aromatic rings. The lowest BCUT2D eigenvalue weighted by Crippen LogP contribution is -2.37. The fourth-order valence-corrected chi connectivity index (χ4v) is 3.45. The van der Waals surface area contributed by atoms with Crippen LogP contribution in [0.4, 0.5) is 23.5 Å². The number of aromatic nitrogens is 3. The van der Waals surface area contributed by atoms with E-state index in [0.29, 0.717) is 53.3 Å². The van der Waals surface area contributed by atoms with Gasteiger partial charge in [0.25, 0.3) is 0 Å². The first-order chi connectivity index (χ1) is 15.5. The Bertz CT molecular complexity index is 1140. The third-order valence-electron chi connectivity index (χ3n) is 4.46. The molecule has 1 saturated heterocycles. The minimum absolute atomic E-state index is 0.0723. The highest BCUT2D eigenvalue weighted by Gasteiger charge is 2.17.